The molecule has 4 heteroatoms. The SMILES string of the molecule is CC(CC(=O)O)N1CCN(C)CC1. The molecule has 1 N–H and O–H groups in total. The summed E-state index contributed by atoms with van der Waals surface area (Å²) in [7, 11) is 2.10. The molecule has 0 saturated carbocycles. The zero-order chi connectivity index (χ0) is 9.84. The minimum absolute atomic E-state index is 0.172. The van der Waals surface area contributed by atoms with Crippen LogP contribution in [0.4, 0.5) is 0 Å². The van der Waals surface area contributed by atoms with Gasteiger partial charge in [-0.3, -0.25) is 9.69 Å². The summed E-state index contributed by atoms with van der Waals surface area (Å²) in [6, 6.07) is 0.172. The maximum atomic E-state index is 10.5. The van der Waals surface area contributed by atoms with E-state index in [1.807, 2.05) is 6.92 Å². The summed E-state index contributed by atoms with van der Waals surface area (Å²) in [5.41, 5.74) is 0. The van der Waals surface area contributed by atoms with Crippen molar-refractivity contribution in [1.82, 2.24) is 9.80 Å². The van der Waals surface area contributed by atoms with E-state index in [9.17, 15) is 4.79 Å². The topological polar surface area (TPSA) is 43.8 Å². The predicted octanol–water partition coefficient (Wildman–Crippen LogP) is 0.0970. The van der Waals surface area contributed by atoms with E-state index in [-0.39, 0.29) is 12.5 Å². The molecule has 0 radical (unpaired) electrons. The molecule has 1 fully saturated rings. The predicted molar refractivity (Wildman–Crippen MR) is 50.8 cm³/mol. The van der Waals surface area contributed by atoms with E-state index in [4.69, 9.17) is 5.11 Å². The van der Waals surface area contributed by atoms with Crippen molar-refractivity contribution in [3.8, 4) is 0 Å². The molecule has 1 rings (SSSR count). The van der Waals surface area contributed by atoms with Crippen LogP contribution in [0.15, 0.2) is 0 Å². The van der Waals surface area contributed by atoms with Gasteiger partial charge in [0, 0.05) is 32.2 Å². The highest BCUT2D eigenvalue weighted by molar-refractivity contribution is 5.67. The second-order valence-corrected chi connectivity index (χ2v) is 3.79. The summed E-state index contributed by atoms with van der Waals surface area (Å²) in [5.74, 6) is -0.702. The van der Waals surface area contributed by atoms with Crippen LogP contribution in [-0.4, -0.2) is 60.1 Å². The summed E-state index contributed by atoms with van der Waals surface area (Å²) < 4.78 is 0. The fourth-order valence-electron chi connectivity index (χ4n) is 1.64. The van der Waals surface area contributed by atoms with Gasteiger partial charge in [0.1, 0.15) is 0 Å². The lowest BCUT2D eigenvalue weighted by Crippen LogP contribution is -2.48. The molecule has 1 unspecified atom stereocenters. The Morgan fingerprint density at radius 1 is 1.38 bits per heavy atom. The first-order chi connectivity index (χ1) is 6.09. The van der Waals surface area contributed by atoms with E-state index in [0.29, 0.717) is 0 Å². The van der Waals surface area contributed by atoms with Crippen LogP contribution in [0.3, 0.4) is 0 Å². The van der Waals surface area contributed by atoms with Gasteiger partial charge in [0.05, 0.1) is 6.42 Å². The minimum Gasteiger partial charge on any atom is -0.481 e. The van der Waals surface area contributed by atoms with E-state index < -0.39 is 5.97 Å². The summed E-state index contributed by atoms with van der Waals surface area (Å²) >= 11 is 0. The van der Waals surface area contributed by atoms with Crippen LogP contribution in [0.1, 0.15) is 13.3 Å². The van der Waals surface area contributed by atoms with E-state index >= 15 is 0 Å². The molecule has 76 valence electrons. The van der Waals surface area contributed by atoms with Crippen LogP contribution < -0.4 is 0 Å². The molecule has 1 heterocycles. The van der Waals surface area contributed by atoms with Crippen LogP contribution in [0.25, 0.3) is 0 Å². The van der Waals surface area contributed by atoms with Crippen molar-refractivity contribution in [1.29, 1.82) is 0 Å². The number of aliphatic carboxylic acids is 1. The zero-order valence-electron chi connectivity index (χ0n) is 8.36. The van der Waals surface area contributed by atoms with Gasteiger partial charge < -0.3 is 10.0 Å². The van der Waals surface area contributed by atoms with Crippen molar-refractivity contribution in [2.24, 2.45) is 0 Å². The molecule has 13 heavy (non-hydrogen) atoms. The van der Waals surface area contributed by atoms with Gasteiger partial charge in [-0.25, -0.2) is 0 Å². The summed E-state index contributed by atoms with van der Waals surface area (Å²) in [6.45, 7) is 6.06. The van der Waals surface area contributed by atoms with Crippen LogP contribution in [-0.2, 0) is 4.79 Å². The van der Waals surface area contributed by atoms with Crippen LogP contribution in [0.2, 0.25) is 0 Å². The number of rotatable bonds is 3. The molecule has 0 amide bonds. The van der Waals surface area contributed by atoms with Crippen molar-refractivity contribution < 1.29 is 9.90 Å². The molecular weight excluding hydrogens is 168 g/mol. The average molecular weight is 186 g/mol. The molecule has 0 bridgehead atoms. The number of carbonyl (C=O) groups is 1. The normalized spacial score (nSPS) is 22.9. The van der Waals surface area contributed by atoms with E-state index in [1.165, 1.54) is 0 Å². The van der Waals surface area contributed by atoms with Crippen LogP contribution in [0, 0.1) is 0 Å². The third-order valence-corrected chi connectivity index (χ3v) is 2.63. The van der Waals surface area contributed by atoms with Gasteiger partial charge in [0.25, 0.3) is 0 Å². The first-order valence-corrected chi connectivity index (χ1v) is 4.74. The maximum absolute atomic E-state index is 10.5. The van der Waals surface area contributed by atoms with E-state index in [0.717, 1.165) is 26.2 Å². The number of piperazine rings is 1. The van der Waals surface area contributed by atoms with Crippen LogP contribution in [0.5, 0.6) is 0 Å². The van der Waals surface area contributed by atoms with Gasteiger partial charge in [-0.15, -0.1) is 0 Å². The lowest BCUT2D eigenvalue weighted by molar-refractivity contribution is -0.138. The molecule has 1 saturated heterocycles. The third-order valence-electron chi connectivity index (χ3n) is 2.63. The molecule has 0 aromatic rings. The summed E-state index contributed by atoms with van der Waals surface area (Å²) in [6.07, 6.45) is 0.254. The van der Waals surface area contributed by atoms with Crippen LogP contribution >= 0.6 is 0 Å². The summed E-state index contributed by atoms with van der Waals surface area (Å²) in [5, 5.41) is 8.63. The zero-order valence-corrected chi connectivity index (χ0v) is 8.36. The molecule has 0 aromatic carbocycles. The maximum Gasteiger partial charge on any atom is 0.304 e. The van der Waals surface area contributed by atoms with E-state index in [1.54, 1.807) is 0 Å². The molecule has 1 aliphatic heterocycles. The van der Waals surface area contributed by atoms with Crippen molar-refractivity contribution in [2.45, 2.75) is 19.4 Å². The number of nitrogens with zero attached hydrogens (tertiary/aromatic N) is 2. The second-order valence-electron chi connectivity index (χ2n) is 3.79. The highest BCUT2D eigenvalue weighted by Crippen LogP contribution is 2.07. The number of likely N-dealkylation sites (N-methyl/N-ethyl adjacent to an activating group) is 1. The standard InChI is InChI=1S/C9H18N2O2/c1-8(7-9(12)13)11-5-3-10(2)4-6-11/h8H,3-7H2,1-2H3,(H,12,13). The highest BCUT2D eigenvalue weighted by atomic mass is 16.4. The Hall–Kier alpha value is -0.610. The fraction of sp³-hybridized carbons (Fsp3) is 0.889. The molecular formula is C9H18N2O2. The monoisotopic (exact) mass is 186 g/mol. The van der Waals surface area contributed by atoms with Crippen molar-refractivity contribution in [2.75, 3.05) is 33.2 Å². The van der Waals surface area contributed by atoms with E-state index in [2.05, 4.69) is 16.8 Å². The molecule has 1 atom stereocenters. The third kappa shape index (κ3) is 3.32. The number of carboxylic acids is 1. The fourth-order valence-corrected chi connectivity index (χ4v) is 1.64. The van der Waals surface area contributed by atoms with Crippen molar-refractivity contribution in [3.63, 3.8) is 0 Å². The molecule has 0 aliphatic carbocycles. The van der Waals surface area contributed by atoms with Gasteiger partial charge in [-0.2, -0.15) is 0 Å². The molecule has 0 spiro atoms. The van der Waals surface area contributed by atoms with Crippen molar-refractivity contribution in [3.05, 3.63) is 0 Å². The Morgan fingerprint density at radius 3 is 2.38 bits per heavy atom. The number of hydrogen-bond acceptors (Lipinski definition) is 3. The Bertz CT molecular complexity index is 176. The first kappa shape index (κ1) is 10.5. The smallest absolute Gasteiger partial charge is 0.304 e. The van der Waals surface area contributed by atoms with Gasteiger partial charge in [0.15, 0.2) is 0 Å². The quantitative estimate of drug-likeness (QED) is 0.679. The Kier molecular flexibility index (Phi) is 3.69. The molecule has 4 nitrogen and oxygen atoms in total. The summed E-state index contributed by atoms with van der Waals surface area (Å²) in [4.78, 5) is 15.0. The second kappa shape index (κ2) is 4.58. The molecule has 0 aromatic heterocycles. The average Bonchev–Trinajstić information content (AvgIpc) is 2.04. The van der Waals surface area contributed by atoms with Gasteiger partial charge in [-0.05, 0) is 14.0 Å². The Balaban J connectivity index is 2.31. The minimum atomic E-state index is -0.702. The molecule has 1 aliphatic rings. The Labute approximate surface area is 79.1 Å². The lowest BCUT2D eigenvalue weighted by Gasteiger charge is -2.35. The Morgan fingerprint density at radius 2 is 1.92 bits per heavy atom. The van der Waals surface area contributed by atoms with Gasteiger partial charge in [-0.1, -0.05) is 0 Å². The van der Waals surface area contributed by atoms with Gasteiger partial charge in [0.2, 0.25) is 0 Å². The van der Waals surface area contributed by atoms with Crippen molar-refractivity contribution >= 4 is 5.97 Å². The largest absolute Gasteiger partial charge is 0.481 e. The number of carboxylic acid groups (broad SMARTS) is 1. The lowest BCUT2D eigenvalue weighted by atomic mass is 10.2. The number of hydrogen-bond donors (Lipinski definition) is 1. The van der Waals surface area contributed by atoms with Gasteiger partial charge >= 0.3 is 5.97 Å². The highest BCUT2D eigenvalue weighted by Gasteiger charge is 2.20. The first-order valence-electron chi connectivity index (χ1n) is 4.74.